The third-order valence-electron chi connectivity index (χ3n) is 5.55. The van der Waals surface area contributed by atoms with Crippen molar-refractivity contribution in [3.63, 3.8) is 0 Å². The van der Waals surface area contributed by atoms with E-state index in [1.54, 1.807) is 0 Å². The average molecular weight is 405 g/mol. The topological polar surface area (TPSA) is 33.1 Å². The van der Waals surface area contributed by atoms with Crippen LogP contribution in [0, 0.1) is 0 Å². The number of hydrogen-bond acceptors (Lipinski definition) is 2. The SMILES string of the molecule is CCc1ccc(N2C(=S)N[C@H](c3ccccn3)[C@H]2c2ccn(C(C)(C)C)c2)cc1. The van der Waals surface area contributed by atoms with E-state index < -0.39 is 0 Å². The second kappa shape index (κ2) is 7.64. The van der Waals surface area contributed by atoms with Crippen molar-refractivity contribution >= 4 is 23.0 Å². The first-order valence-corrected chi connectivity index (χ1v) is 10.6. The first kappa shape index (κ1) is 19.6. The van der Waals surface area contributed by atoms with Gasteiger partial charge in [0.2, 0.25) is 0 Å². The Morgan fingerprint density at radius 2 is 1.83 bits per heavy atom. The minimum atomic E-state index is -0.00892. The van der Waals surface area contributed by atoms with Crippen LogP contribution in [0.25, 0.3) is 0 Å². The Balaban J connectivity index is 1.80. The van der Waals surface area contributed by atoms with Gasteiger partial charge in [-0.1, -0.05) is 25.1 Å². The van der Waals surface area contributed by atoms with Crippen molar-refractivity contribution in [3.05, 3.63) is 83.9 Å². The minimum absolute atomic E-state index is 0.00892. The molecule has 0 amide bonds. The van der Waals surface area contributed by atoms with Gasteiger partial charge in [0, 0.05) is 29.8 Å². The smallest absolute Gasteiger partial charge is 0.174 e. The lowest BCUT2D eigenvalue weighted by Gasteiger charge is -2.28. The Bertz CT molecular complexity index is 986. The molecule has 0 aliphatic carbocycles. The normalized spacial score (nSPS) is 19.4. The molecule has 0 bridgehead atoms. The largest absolute Gasteiger partial charge is 0.351 e. The molecule has 2 aromatic heterocycles. The molecule has 1 N–H and O–H groups in total. The van der Waals surface area contributed by atoms with Gasteiger partial charge in [0.1, 0.15) is 0 Å². The van der Waals surface area contributed by atoms with Crippen LogP contribution >= 0.6 is 12.2 Å². The molecule has 1 fully saturated rings. The van der Waals surface area contributed by atoms with Gasteiger partial charge < -0.3 is 14.8 Å². The summed E-state index contributed by atoms with van der Waals surface area (Å²) in [5.41, 5.74) is 4.67. The van der Waals surface area contributed by atoms with Crippen molar-refractivity contribution in [2.45, 2.75) is 51.7 Å². The van der Waals surface area contributed by atoms with E-state index in [2.05, 4.69) is 96.3 Å². The maximum absolute atomic E-state index is 5.80. The lowest BCUT2D eigenvalue weighted by Crippen LogP contribution is -2.29. The predicted octanol–water partition coefficient (Wildman–Crippen LogP) is 5.38. The van der Waals surface area contributed by atoms with Crippen LogP contribution in [0.5, 0.6) is 0 Å². The van der Waals surface area contributed by atoms with Gasteiger partial charge in [-0.15, -0.1) is 0 Å². The number of rotatable bonds is 4. The Labute approximate surface area is 178 Å². The number of anilines is 1. The predicted molar refractivity (Wildman–Crippen MR) is 123 cm³/mol. The monoisotopic (exact) mass is 404 g/mol. The fourth-order valence-corrected chi connectivity index (χ4v) is 4.22. The van der Waals surface area contributed by atoms with Gasteiger partial charge in [0.05, 0.1) is 17.8 Å². The highest BCUT2D eigenvalue weighted by molar-refractivity contribution is 7.80. The van der Waals surface area contributed by atoms with Crippen LogP contribution in [-0.2, 0) is 12.0 Å². The molecule has 4 nitrogen and oxygen atoms in total. The number of pyridine rings is 1. The summed E-state index contributed by atoms with van der Waals surface area (Å²) in [7, 11) is 0. The van der Waals surface area contributed by atoms with Crippen LogP contribution in [0.4, 0.5) is 5.69 Å². The molecule has 2 atom stereocenters. The van der Waals surface area contributed by atoms with Crippen LogP contribution < -0.4 is 10.2 Å². The van der Waals surface area contributed by atoms with E-state index in [1.807, 2.05) is 18.3 Å². The third-order valence-corrected chi connectivity index (χ3v) is 5.87. The maximum Gasteiger partial charge on any atom is 0.174 e. The second-order valence-electron chi connectivity index (χ2n) is 8.54. The van der Waals surface area contributed by atoms with Crippen LogP contribution in [0.2, 0.25) is 0 Å². The first-order valence-electron chi connectivity index (χ1n) is 10.2. The van der Waals surface area contributed by atoms with Gasteiger partial charge >= 0.3 is 0 Å². The molecule has 1 aliphatic rings. The Kier molecular flexibility index (Phi) is 5.17. The van der Waals surface area contributed by atoms with Gasteiger partial charge in [-0.2, -0.15) is 0 Å². The fraction of sp³-hybridized carbons (Fsp3) is 0.333. The number of hydrogen-bond donors (Lipinski definition) is 1. The van der Waals surface area contributed by atoms with Crippen molar-refractivity contribution in [1.82, 2.24) is 14.9 Å². The van der Waals surface area contributed by atoms with Crippen molar-refractivity contribution in [3.8, 4) is 0 Å². The van der Waals surface area contributed by atoms with Gasteiger partial charge in [-0.25, -0.2) is 0 Å². The Hall–Kier alpha value is -2.66. The number of nitrogens with zero attached hydrogens (tertiary/aromatic N) is 3. The van der Waals surface area contributed by atoms with E-state index in [0.717, 1.165) is 22.9 Å². The van der Waals surface area contributed by atoms with Gasteiger partial charge in [-0.3, -0.25) is 4.98 Å². The molecule has 0 spiro atoms. The molecule has 1 aliphatic heterocycles. The summed E-state index contributed by atoms with van der Waals surface area (Å²) < 4.78 is 2.26. The molecular formula is C24H28N4S. The Morgan fingerprint density at radius 1 is 1.07 bits per heavy atom. The highest BCUT2D eigenvalue weighted by Gasteiger charge is 2.41. The highest BCUT2D eigenvalue weighted by atomic mass is 32.1. The molecule has 1 aromatic carbocycles. The minimum Gasteiger partial charge on any atom is -0.351 e. The Morgan fingerprint density at radius 3 is 2.41 bits per heavy atom. The van der Waals surface area contributed by atoms with E-state index >= 15 is 0 Å². The molecule has 150 valence electrons. The summed E-state index contributed by atoms with van der Waals surface area (Å²) in [5, 5.41) is 4.26. The zero-order chi connectivity index (χ0) is 20.6. The fourth-order valence-electron chi connectivity index (χ4n) is 3.87. The van der Waals surface area contributed by atoms with Gasteiger partial charge in [-0.05, 0) is 80.9 Å². The summed E-state index contributed by atoms with van der Waals surface area (Å²) in [6, 6.07) is 17.0. The zero-order valence-corrected chi connectivity index (χ0v) is 18.3. The second-order valence-corrected chi connectivity index (χ2v) is 8.93. The summed E-state index contributed by atoms with van der Waals surface area (Å²) in [5.74, 6) is 0. The molecule has 29 heavy (non-hydrogen) atoms. The maximum atomic E-state index is 5.80. The summed E-state index contributed by atoms with van der Waals surface area (Å²) in [4.78, 5) is 6.86. The standard InChI is InChI=1S/C24H28N4S/c1-5-17-9-11-19(12-10-17)28-22(18-13-15-27(16-18)24(2,3)4)21(26-23(28)29)20-8-6-7-14-25-20/h6-16,21-22H,5H2,1-4H3,(H,26,29)/t21-,22-/m1/s1. The molecule has 1 saturated heterocycles. The van der Waals surface area contributed by atoms with Crippen molar-refractivity contribution in [2.24, 2.45) is 0 Å². The number of thiocarbonyl (C=S) groups is 1. The van der Waals surface area contributed by atoms with Crippen LogP contribution in [0.1, 0.15) is 56.6 Å². The van der Waals surface area contributed by atoms with Crippen LogP contribution in [-0.4, -0.2) is 14.7 Å². The van der Waals surface area contributed by atoms with Crippen molar-refractivity contribution in [1.29, 1.82) is 0 Å². The molecule has 0 saturated carbocycles. The lowest BCUT2D eigenvalue weighted by atomic mass is 9.98. The average Bonchev–Trinajstić information content (AvgIpc) is 3.33. The summed E-state index contributed by atoms with van der Waals surface area (Å²) in [6.07, 6.45) is 7.27. The molecule has 0 radical (unpaired) electrons. The molecule has 4 rings (SSSR count). The first-order chi connectivity index (χ1) is 13.9. The van der Waals surface area contributed by atoms with Gasteiger partial charge in [0.15, 0.2) is 5.11 Å². The number of aromatic nitrogens is 2. The summed E-state index contributed by atoms with van der Waals surface area (Å²) >= 11 is 5.80. The molecule has 0 unspecified atom stereocenters. The quantitative estimate of drug-likeness (QED) is 0.592. The van der Waals surface area contributed by atoms with E-state index in [9.17, 15) is 0 Å². The van der Waals surface area contributed by atoms with E-state index in [4.69, 9.17) is 12.2 Å². The number of nitrogens with one attached hydrogen (secondary N) is 1. The van der Waals surface area contributed by atoms with Crippen molar-refractivity contribution < 1.29 is 0 Å². The molecular weight excluding hydrogens is 376 g/mol. The molecule has 3 heterocycles. The highest BCUT2D eigenvalue weighted by Crippen LogP contribution is 2.41. The molecule has 3 aromatic rings. The van der Waals surface area contributed by atoms with Gasteiger partial charge in [0.25, 0.3) is 0 Å². The van der Waals surface area contributed by atoms with Crippen LogP contribution in [0.3, 0.4) is 0 Å². The van der Waals surface area contributed by atoms with Crippen molar-refractivity contribution in [2.75, 3.05) is 4.90 Å². The van der Waals surface area contributed by atoms with Crippen LogP contribution in [0.15, 0.2) is 67.1 Å². The number of aryl methyl sites for hydroxylation is 1. The summed E-state index contributed by atoms with van der Waals surface area (Å²) in [6.45, 7) is 8.82. The third kappa shape index (κ3) is 3.79. The number of benzene rings is 1. The van der Waals surface area contributed by atoms with E-state index in [-0.39, 0.29) is 17.6 Å². The van der Waals surface area contributed by atoms with E-state index in [0.29, 0.717) is 0 Å². The van der Waals surface area contributed by atoms with E-state index in [1.165, 1.54) is 11.1 Å². The lowest BCUT2D eigenvalue weighted by molar-refractivity contribution is 0.397. The molecule has 5 heteroatoms. The zero-order valence-electron chi connectivity index (χ0n) is 17.5.